The number of hydrogen-bond acceptors (Lipinski definition) is 2. The zero-order chi connectivity index (χ0) is 19.3. The van der Waals surface area contributed by atoms with Gasteiger partial charge in [-0.05, 0) is 47.5 Å². The smallest absolute Gasteiger partial charge is 0.146 e. The minimum atomic E-state index is -0.288. The number of ether oxygens (including phenoxy) is 1. The van der Waals surface area contributed by atoms with Crippen molar-refractivity contribution in [1.82, 2.24) is 0 Å². The van der Waals surface area contributed by atoms with Crippen molar-refractivity contribution in [3.63, 3.8) is 0 Å². The Morgan fingerprint density at radius 2 is 1.67 bits per heavy atom. The van der Waals surface area contributed by atoms with Crippen LogP contribution in [0.15, 0.2) is 72.8 Å². The molecule has 140 valence electrons. The number of para-hydroxylation sites is 1. The molecule has 2 nitrogen and oxygen atoms in total. The van der Waals surface area contributed by atoms with Gasteiger partial charge >= 0.3 is 0 Å². The summed E-state index contributed by atoms with van der Waals surface area (Å²) in [5.74, 6) is -0.288. The van der Waals surface area contributed by atoms with Crippen molar-refractivity contribution >= 4 is 23.0 Å². The van der Waals surface area contributed by atoms with Gasteiger partial charge in [-0.1, -0.05) is 61.8 Å². The van der Waals surface area contributed by atoms with Gasteiger partial charge in [0.25, 0.3) is 0 Å². The van der Waals surface area contributed by atoms with E-state index in [-0.39, 0.29) is 11.2 Å². The molecule has 0 saturated heterocycles. The molecular formula is C23H23ClFNO. The van der Waals surface area contributed by atoms with E-state index in [4.69, 9.17) is 16.3 Å². The van der Waals surface area contributed by atoms with Gasteiger partial charge in [0, 0.05) is 16.1 Å². The van der Waals surface area contributed by atoms with E-state index in [1.165, 1.54) is 6.07 Å². The van der Waals surface area contributed by atoms with Crippen LogP contribution in [0, 0.1) is 5.82 Å². The van der Waals surface area contributed by atoms with Crippen molar-refractivity contribution in [1.29, 1.82) is 0 Å². The SMILES string of the molecule is CC(C)(COCc1ccc(F)c(Nc2ccccc2)c1)c1ccc(Cl)cc1. The Balaban J connectivity index is 1.62. The Hall–Kier alpha value is -2.36. The standard InChI is InChI=1S/C23H23ClFNO/c1-23(2,18-9-11-19(24)12-10-18)16-27-15-17-8-13-21(25)22(14-17)26-20-6-4-3-5-7-20/h3-14,26H,15-16H2,1-2H3. The molecular weight excluding hydrogens is 361 g/mol. The second-order valence-electron chi connectivity index (χ2n) is 7.19. The number of benzene rings is 3. The minimum Gasteiger partial charge on any atom is -0.376 e. The van der Waals surface area contributed by atoms with Crippen molar-refractivity contribution in [3.05, 3.63) is 94.8 Å². The van der Waals surface area contributed by atoms with Crippen LogP contribution in [0.4, 0.5) is 15.8 Å². The molecule has 0 amide bonds. The van der Waals surface area contributed by atoms with Crippen LogP contribution in [-0.2, 0) is 16.8 Å². The maximum Gasteiger partial charge on any atom is 0.146 e. The first-order valence-corrected chi connectivity index (χ1v) is 9.26. The number of anilines is 2. The van der Waals surface area contributed by atoms with E-state index in [0.29, 0.717) is 18.9 Å². The summed E-state index contributed by atoms with van der Waals surface area (Å²) in [5, 5.41) is 3.83. The Morgan fingerprint density at radius 1 is 0.963 bits per heavy atom. The van der Waals surface area contributed by atoms with Gasteiger partial charge in [-0.15, -0.1) is 0 Å². The highest BCUT2D eigenvalue weighted by atomic mass is 35.5. The van der Waals surface area contributed by atoms with E-state index in [9.17, 15) is 4.39 Å². The third-order valence-electron chi connectivity index (χ3n) is 4.44. The summed E-state index contributed by atoms with van der Waals surface area (Å²) in [7, 11) is 0. The molecule has 0 aliphatic heterocycles. The van der Waals surface area contributed by atoms with E-state index in [2.05, 4.69) is 19.2 Å². The van der Waals surface area contributed by atoms with Gasteiger partial charge in [0.2, 0.25) is 0 Å². The van der Waals surface area contributed by atoms with Gasteiger partial charge in [-0.3, -0.25) is 0 Å². The quantitative estimate of drug-likeness (QED) is 0.489. The lowest BCUT2D eigenvalue weighted by molar-refractivity contribution is 0.0825. The zero-order valence-electron chi connectivity index (χ0n) is 15.5. The largest absolute Gasteiger partial charge is 0.376 e. The Morgan fingerprint density at radius 3 is 2.37 bits per heavy atom. The van der Waals surface area contributed by atoms with E-state index in [1.54, 1.807) is 12.1 Å². The molecule has 3 aromatic rings. The number of nitrogens with one attached hydrogen (secondary N) is 1. The molecule has 1 N–H and O–H groups in total. The second-order valence-corrected chi connectivity index (χ2v) is 7.63. The van der Waals surface area contributed by atoms with Gasteiger partial charge in [0.05, 0.1) is 18.9 Å². The van der Waals surface area contributed by atoms with Crippen molar-refractivity contribution in [2.24, 2.45) is 0 Å². The van der Waals surface area contributed by atoms with Crippen LogP contribution in [-0.4, -0.2) is 6.61 Å². The molecule has 0 saturated carbocycles. The van der Waals surface area contributed by atoms with Gasteiger partial charge in [-0.2, -0.15) is 0 Å². The predicted molar refractivity (Wildman–Crippen MR) is 110 cm³/mol. The van der Waals surface area contributed by atoms with Crippen molar-refractivity contribution in [3.8, 4) is 0 Å². The molecule has 0 atom stereocenters. The first-order chi connectivity index (χ1) is 12.9. The topological polar surface area (TPSA) is 21.3 Å². The molecule has 0 spiro atoms. The van der Waals surface area contributed by atoms with Crippen LogP contribution in [0.25, 0.3) is 0 Å². The highest BCUT2D eigenvalue weighted by Gasteiger charge is 2.21. The lowest BCUT2D eigenvalue weighted by Gasteiger charge is -2.25. The maximum absolute atomic E-state index is 14.1. The average molecular weight is 384 g/mol. The fraction of sp³-hybridized carbons (Fsp3) is 0.217. The molecule has 0 radical (unpaired) electrons. The summed E-state index contributed by atoms with van der Waals surface area (Å²) in [4.78, 5) is 0. The highest BCUT2D eigenvalue weighted by molar-refractivity contribution is 6.30. The summed E-state index contributed by atoms with van der Waals surface area (Å²) >= 11 is 5.96. The third-order valence-corrected chi connectivity index (χ3v) is 4.69. The fourth-order valence-corrected chi connectivity index (χ4v) is 2.97. The normalized spacial score (nSPS) is 11.4. The molecule has 3 rings (SSSR count). The van der Waals surface area contributed by atoms with Crippen LogP contribution in [0.3, 0.4) is 0 Å². The lowest BCUT2D eigenvalue weighted by Crippen LogP contribution is -2.24. The Kier molecular flexibility index (Phi) is 6.15. The molecule has 0 unspecified atom stereocenters. The molecule has 3 aromatic carbocycles. The summed E-state index contributed by atoms with van der Waals surface area (Å²) < 4.78 is 20.0. The molecule has 4 heteroatoms. The third kappa shape index (κ3) is 5.31. The summed E-state index contributed by atoms with van der Waals surface area (Å²) in [6.07, 6.45) is 0. The lowest BCUT2D eigenvalue weighted by atomic mass is 9.86. The molecule has 0 bridgehead atoms. The zero-order valence-corrected chi connectivity index (χ0v) is 16.3. The molecule has 0 aliphatic rings. The molecule has 0 aliphatic carbocycles. The Labute approximate surface area is 165 Å². The van der Waals surface area contributed by atoms with E-state index in [1.807, 2.05) is 54.6 Å². The highest BCUT2D eigenvalue weighted by Crippen LogP contribution is 2.26. The monoisotopic (exact) mass is 383 g/mol. The van der Waals surface area contributed by atoms with Crippen LogP contribution in [0.1, 0.15) is 25.0 Å². The molecule has 0 fully saturated rings. The maximum atomic E-state index is 14.1. The first kappa shape index (κ1) is 19.4. The first-order valence-electron chi connectivity index (χ1n) is 8.88. The van der Waals surface area contributed by atoms with E-state index in [0.717, 1.165) is 21.8 Å². The molecule has 0 aromatic heterocycles. The van der Waals surface area contributed by atoms with Crippen LogP contribution in [0.2, 0.25) is 5.02 Å². The second kappa shape index (κ2) is 8.55. The summed E-state index contributed by atoms with van der Waals surface area (Å²) in [5.41, 5.74) is 3.23. The van der Waals surface area contributed by atoms with Gasteiger partial charge in [0.15, 0.2) is 0 Å². The van der Waals surface area contributed by atoms with Crippen LogP contribution >= 0.6 is 11.6 Å². The average Bonchev–Trinajstić information content (AvgIpc) is 2.65. The summed E-state index contributed by atoms with van der Waals surface area (Å²) in [6, 6.07) is 22.4. The minimum absolute atomic E-state index is 0.143. The van der Waals surface area contributed by atoms with Gasteiger partial charge < -0.3 is 10.1 Å². The fourth-order valence-electron chi connectivity index (χ4n) is 2.84. The molecule has 0 heterocycles. The Bertz CT molecular complexity index is 879. The van der Waals surface area contributed by atoms with Gasteiger partial charge in [-0.25, -0.2) is 4.39 Å². The molecule has 27 heavy (non-hydrogen) atoms. The van der Waals surface area contributed by atoms with Crippen LogP contribution < -0.4 is 5.32 Å². The van der Waals surface area contributed by atoms with E-state index >= 15 is 0 Å². The van der Waals surface area contributed by atoms with Crippen molar-refractivity contribution < 1.29 is 9.13 Å². The summed E-state index contributed by atoms with van der Waals surface area (Å²) in [6.45, 7) is 5.22. The van der Waals surface area contributed by atoms with Crippen molar-refractivity contribution in [2.45, 2.75) is 25.9 Å². The number of rotatable bonds is 7. The van der Waals surface area contributed by atoms with E-state index < -0.39 is 0 Å². The van der Waals surface area contributed by atoms with Crippen LogP contribution in [0.5, 0.6) is 0 Å². The number of hydrogen-bond donors (Lipinski definition) is 1. The predicted octanol–water partition coefficient (Wildman–Crippen LogP) is 6.72. The van der Waals surface area contributed by atoms with Gasteiger partial charge in [0.1, 0.15) is 5.82 Å². The van der Waals surface area contributed by atoms with Crippen molar-refractivity contribution in [2.75, 3.05) is 11.9 Å². The number of halogens is 2.